The number of nitrogens with zero attached hydrogens (tertiary/aromatic N) is 2. The zero-order valence-corrected chi connectivity index (χ0v) is 16.7. The SMILES string of the molecule is CC1=C(C(=O)OC(C)C)C(c2cccc(C#N)c2)NC(=O)N1Cc1ccccc1. The van der Waals surface area contributed by atoms with E-state index in [1.54, 1.807) is 45.0 Å². The number of benzene rings is 2. The first-order valence-electron chi connectivity index (χ1n) is 9.44. The third-order valence-electron chi connectivity index (χ3n) is 4.69. The smallest absolute Gasteiger partial charge is 0.338 e. The number of ether oxygens (including phenoxy) is 1. The number of allylic oxidation sites excluding steroid dienone is 1. The van der Waals surface area contributed by atoms with Crippen molar-refractivity contribution < 1.29 is 14.3 Å². The second-order valence-corrected chi connectivity index (χ2v) is 7.14. The summed E-state index contributed by atoms with van der Waals surface area (Å²) in [5.41, 5.74) is 2.97. The third-order valence-corrected chi connectivity index (χ3v) is 4.69. The minimum atomic E-state index is -0.686. The van der Waals surface area contributed by atoms with E-state index in [2.05, 4.69) is 11.4 Å². The first-order chi connectivity index (χ1) is 13.9. The Morgan fingerprint density at radius 1 is 1.21 bits per heavy atom. The molecule has 2 aromatic rings. The number of hydrogen-bond donors (Lipinski definition) is 1. The van der Waals surface area contributed by atoms with Gasteiger partial charge in [0.2, 0.25) is 0 Å². The second kappa shape index (κ2) is 8.61. The minimum Gasteiger partial charge on any atom is -0.459 e. The number of urea groups is 1. The molecule has 0 fully saturated rings. The maximum absolute atomic E-state index is 12.9. The zero-order valence-electron chi connectivity index (χ0n) is 16.7. The maximum Gasteiger partial charge on any atom is 0.338 e. The van der Waals surface area contributed by atoms with Gasteiger partial charge in [-0.3, -0.25) is 4.90 Å². The van der Waals surface area contributed by atoms with E-state index in [4.69, 9.17) is 4.74 Å². The lowest BCUT2D eigenvalue weighted by molar-refractivity contribution is -0.143. The van der Waals surface area contributed by atoms with Gasteiger partial charge in [-0.2, -0.15) is 5.26 Å². The highest BCUT2D eigenvalue weighted by Gasteiger charge is 2.36. The van der Waals surface area contributed by atoms with Crippen molar-refractivity contribution in [1.29, 1.82) is 5.26 Å². The van der Waals surface area contributed by atoms with Crippen molar-refractivity contribution in [2.45, 2.75) is 39.5 Å². The summed E-state index contributed by atoms with van der Waals surface area (Å²) in [4.78, 5) is 27.4. The summed E-state index contributed by atoms with van der Waals surface area (Å²) in [6.45, 7) is 5.65. The van der Waals surface area contributed by atoms with Gasteiger partial charge in [-0.25, -0.2) is 9.59 Å². The van der Waals surface area contributed by atoms with Gasteiger partial charge < -0.3 is 10.1 Å². The van der Waals surface area contributed by atoms with Crippen LogP contribution in [0.15, 0.2) is 65.9 Å². The molecule has 0 saturated carbocycles. The van der Waals surface area contributed by atoms with Crippen LogP contribution in [-0.4, -0.2) is 23.0 Å². The van der Waals surface area contributed by atoms with Crippen LogP contribution in [0.1, 0.15) is 43.5 Å². The van der Waals surface area contributed by atoms with Crippen LogP contribution in [0, 0.1) is 11.3 Å². The molecule has 0 aliphatic carbocycles. The quantitative estimate of drug-likeness (QED) is 0.782. The van der Waals surface area contributed by atoms with Crippen LogP contribution in [0.2, 0.25) is 0 Å². The Bertz CT molecular complexity index is 990. The Morgan fingerprint density at radius 2 is 1.93 bits per heavy atom. The largest absolute Gasteiger partial charge is 0.459 e. The van der Waals surface area contributed by atoms with Gasteiger partial charge in [0.25, 0.3) is 0 Å². The fourth-order valence-corrected chi connectivity index (χ4v) is 3.32. The summed E-state index contributed by atoms with van der Waals surface area (Å²) in [5, 5.41) is 12.1. The van der Waals surface area contributed by atoms with E-state index >= 15 is 0 Å². The fourth-order valence-electron chi connectivity index (χ4n) is 3.32. The van der Waals surface area contributed by atoms with Gasteiger partial charge in [-0.05, 0) is 44.0 Å². The Kier molecular flexibility index (Phi) is 5.99. The number of amides is 2. The predicted octanol–water partition coefficient (Wildman–Crippen LogP) is 4.05. The van der Waals surface area contributed by atoms with Gasteiger partial charge >= 0.3 is 12.0 Å². The van der Waals surface area contributed by atoms with Crippen LogP contribution < -0.4 is 5.32 Å². The molecule has 2 amide bonds. The molecule has 3 rings (SSSR count). The summed E-state index contributed by atoms with van der Waals surface area (Å²) >= 11 is 0. The molecule has 0 saturated heterocycles. The molecule has 1 aliphatic heterocycles. The van der Waals surface area contributed by atoms with Gasteiger partial charge in [-0.1, -0.05) is 42.5 Å². The molecule has 0 radical (unpaired) electrons. The second-order valence-electron chi connectivity index (χ2n) is 7.14. The summed E-state index contributed by atoms with van der Waals surface area (Å²) in [6.07, 6.45) is -0.297. The highest BCUT2D eigenvalue weighted by Crippen LogP contribution is 2.32. The number of nitrogens with one attached hydrogen (secondary N) is 1. The van der Waals surface area contributed by atoms with Crippen molar-refractivity contribution in [3.63, 3.8) is 0 Å². The summed E-state index contributed by atoms with van der Waals surface area (Å²) in [5.74, 6) is -0.483. The maximum atomic E-state index is 12.9. The van der Waals surface area contributed by atoms with Crippen LogP contribution in [0.3, 0.4) is 0 Å². The van der Waals surface area contributed by atoms with Crippen molar-refractivity contribution >= 4 is 12.0 Å². The highest BCUT2D eigenvalue weighted by molar-refractivity contribution is 5.95. The number of hydrogen-bond acceptors (Lipinski definition) is 4. The number of nitriles is 1. The summed E-state index contributed by atoms with van der Waals surface area (Å²) in [6, 6.07) is 17.5. The molecular weight excluding hydrogens is 366 g/mol. The minimum absolute atomic E-state index is 0.297. The summed E-state index contributed by atoms with van der Waals surface area (Å²) in [7, 11) is 0. The van der Waals surface area contributed by atoms with Crippen LogP contribution in [0.5, 0.6) is 0 Å². The number of esters is 1. The molecular formula is C23H23N3O3. The molecule has 148 valence electrons. The van der Waals surface area contributed by atoms with Crippen molar-refractivity contribution in [3.8, 4) is 6.07 Å². The Balaban J connectivity index is 2.06. The Hall–Kier alpha value is -3.59. The topological polar surface area (TPSA) is 82.4 Å². The summed E-state index contributed by atoms with van der Waals surface area (Å²) < 4.78 is 5.46. The molecule has 0 aromatic heterocycles. The monoisotopic (exact) mass is 389 g/mol. The Labute approximate surface area is 170 Å². The van der Waals surface area contributed by atoms with Crippen molar-refractivity contribution in [2.75, 3.05) is 0 Å². The highest BCUT2D eigenvalue weighted by atomic mass is 16.5. The van der Waals surface area contributed by atoms with Crippen LogP contribution in [0.4, 0.5) is 4.79 Å². The molecule has 29 heavy (non-hydrogen) atoms. The van der Waals surface area contributed by atoms with Crippen molar-refractivity contribution in [3.05, 3.63) is 82.6 Å². The Morgan fingerprint density at radius 3 is 2.59 bits per heavy atom. The normalized spacial score (nSPS) is 16.4. The molecule has 2 aromatic carbocycles. The van der Waals surface area contributed by atoms with E-state index in [0.717, 1.165) is 5.56 Å². The zero-order chi connectivity index (χ0) is 21.0. The molecule has 1 atom stereocenters. The van der Waals surface area contributed by atoms with Gasteiger partial charge in [-0.15, -0.1) is 0 Å². The van der Waals surface area contributed by atoms with Gasteiger partial charge in [0, 0.05) is 5.70 Å². The lowest BCUT2D eigenvalue weighted by Crippen LogP contribution is -2.47. The molecule has 0 spiro atoms. The van der Waals surface area contributed by atoms with Crippen molar-refractivity contribution in [2.24, 2.45) is 0 Å². The first kappa shape index (κ1) is 20.2. The van der Waals surface area contributed by atoms with E-state index < -0.39 is 12.0 Å². The van der Waals surface area contributed by atoms with Crippen LogP contribution >= 0.6 is 0 Å². The van der Waals surface area contributed by atoms with Gasteiger partial charge in [0.15, 0.2) is 0 Å². The van der Waals surface area contributed by atoms with Crippen LogP contribution in [-0.2, 0) is 16.1 Å². The molecule has 1 aliphatic rings. The molecule has 6 heteroatoms. The number of carbonyl (C=O) groups excluding carboxylic acids is 2. The van der Waals surface area contributed by atoms with E-state index in [1.807, 2.05) is 30.3 Å². The first-order valence-corrected chi connectivity index (χ1v) is 9.44. The van der Waals surface area contributed by atoms with Gasteiger partial charge in [0.05, 0.1) is 35.9 Å². The predicted molar refractivity (Wildman–Crippen MR) is 108 cm³/mol. The van der Waals surface area contributed by atoms with E-state index in [1.165, 1.54) is 4.90 Å². The third kappa shape index (κ3) is 4.46. The lowest BCUT2D eigenvalue weighted by atomic mass is 9.93. The molecule has 1 heterocycles. The average molecular weight is 389 g/mol. The van der Waals surface area contributed by atoms with E-state index in [-0.39, 0.29) is 12.1 Å². The van der Waals surface area contributed by atoms with E-state index in [0.29, 0.717) is 28.9 Å². The van der Waals surface area contributed by atoms with Crippen molar-refractivity contribution in [1.82, 2.24) is 10.2 Å². The van der Waals surface area contributed by atoms with E-state index in [9.17, 15) is 14.9 Å². The number of rotatable bonds is 5. The standard InChI is InChI=1S/C23H23N3O3/c1-15(2)29-22(27)20-16(3)26(14-17-8-5-4-6-9-17)23(28)25-21(20)19-11-7-10-18(12-19)13-24/h4-12,15,21H,14H2,1-3H3,(H,25,28). The molecule has 0 bridgehead atoms. The average Bonchev–Trinajstić information content (AvgIpc) is 2.70. The van der Waals surface area contributed by atoms with Crippen LogP contribution in [0.25, 0.3) is 0 Å². The molecule has 6 nitrogen and oxygen atoms in total. The molecule has 1 unspecified atom stereocenters. The lowest BCUT2D eigenvalue weighted by Gasteiger charge is -2.35. The number of carbonyl (C=O) groups is 2. The van der Waals surface area contributed by atoms with Gasteiger partial charge in [0.1, 0.15) is 0 Å². The molecule has 1 N–H and O–H groups in total. The fraction of sp³-hybridized carbons (Fsp3) is 0.261.